The minimum atomic E-state index is 0.396. The maximum Gasteiger partial charge on any atom is 0.142 e. The van der Waals surface area contributed by atoms with E-state index in [-0.39, 0.29) is 0 Å². The van der Waals surface area contributed by atoms with Crippen molar-refractivity contribution in [1.82, 2.24) is 14.8 Å². The van der Waals surface area contributed by atoms with Gasteiger partial charge in [-0.2, -0.15) is 0 Å². The Labute approximate surface area is 308 Å². The van der Waals surface area contributed by atoms with Crippen LogP contribution in [0.1, 0.15) is 66.3 Å². The van der Waals surface area contributed by atoms with Crippen molar-refractivity contribution in [3.8, 4) is 28.4 Å². The molecule has 0 radical (unpaired) electrons. The number of halogens is 1. The van der Waals surface area contributed by atoms with Crippen molar-refractivity contribution in [2.75, 3.05) is 52.5 Å². The van der Waals surface area contributed by atoms with Crippen molar-refractivity contribution in [3.63, 3.8) is 0 Å². The lowest BCUT2D eigenvalue weighted by molar-refractivity contribution is 0.0781. The highest BCUT2D eigenvalue weighted by Crippen LogP contribution is 2.40. The van der Waals surface area contributed by atoms with Crippen molar-refractivity contribution in [3.05, 3.63) is 106 Å². The summed E-state index contributed by atoms with van der Waals surface area (Å²) in [6, 6.07) is 20.7. The zero-order valence-corrected chi connectivity index (χ0v) is 31.1. The van der Waals surface area contributed by atoms with Crippen LogP contribution in [0.2, 0.25) is 5.02 Å². The number of rotatable bonds is 14. The normalized spacial score (nSPS) is 17.6. The maximum absolute atomic E-state index is 6.87. The zero-order valence-electron chi connectivity index (χ0n) is 30.3. The van der Waals surface area contributed by atoms with E-state index in [1.54, 1.807) is 6.20 Å². The summed E-state index contributed by atoms with van der Waals surface area (Å²) < 4.78 is 24.9. The summed E-state index contributed by atoms with van der Waals surface area (Å²) in [6.07, 6.45) is 10.9. The number of nitrogens with zero attached hydrogens (tertiary/aromatic N) is 3. The first-order chi connectivity index (χ1) is 25.0. The van der Waals surface area contributed by atoms with Crippen molar-refractivity contribution < 1.29 is 18.9 Å². The van der Waals surface area contributed by atoms with Crippen LogP contribution in [0.25, 0.3) is 11.1 Å². The van der Waals surface area contributed by atoms with Gasteiger partial charge in [0.2, 0.25) is 0 Å². The molecule has 0 amide bonds. The molecule has 8 heteroatoms. The molecule has 0 bridgehead atoms. The second-order valence-electron chi connectivity index (χ2n) is 14.7. The molecule has 0 saturated carbocycles. The SMILES string of the molecule is Cc1c(COc2cc(OCc3cccnc3)c(CN3CCCC3)cc2Cl)cccc1-c1cccc(OCCCN2CCC3(CCOC3)CC2)c1C. The molecule has 3 aliphatic rings. The summed E-state index contributed by atoms with van der Waals surface area (Å²) in [5.74, 6) is 2.37. The van der Waals surface area contributed by atoms with Gasteiger partial charge in [-0.3, -0.25) is 9.88 Å². The van der Waals surface area contributed by atoms with Crippen molar-refractivity contribution in [2.45, 2.75) is 72.1 Å². The van der Waals surface area contributed by atoms with Gasteiger partial charge in [-0.25, -0.2) is 0 Å². The van der Waals surface area contributed by atoms with E-state index in [0.29, 0.717) is 36.0 Å². The number of hydrogen-bond acceptors (Lipinski definition) is 7. The van der Waals surface area contributed by atoms with Crippen LogP contribution in [0.5, 0.6) is 17.2 Å². The standard InChI is InChI=1S/C43H52ClN3O4/c1-32-35(30-51-42-26-41(50-29-34-9-7-17-45-27-34)36(25-39(42)44)28-47-18-3-4-19-47)10-5-11-37(32)38-12-6-13-40(33(38)2)49-23-8-20-46-21-14-43(15-22-46)16-24-48-31-43/h5-7,9-13,17,25-27H,3-4,8,14-16,18-24,28-31H2,1-2H3. The lowest BCUT2D eigenvalue weighted by Gasteiger charge is -2.38. The van der Waals surface area contributed by atoms with Gasteiger partial charge in [-0.15, -0.1) is 0 Å². The molecule has 3 aliphatic heterocycles. The minimum Gasteiger partial charge on any atom is -0.493 e. The summed E-state index contributed by atoms with van der Waals surface area (Å²) in [5, 5.41) is 0.597. The minimum absolute atomic E-state index is 0.396. The van der Waals surface area contributed by atoms with Crippen molar-refractivity contribution >= 4 is 11.6 Å². The molecule has 3 aromatic carbocycles. The smallest absolute Gasteiger partial charge is 0.142 e. The number of pyridine rings is 1. The molecule has 0 N–H and O–H groups in total. The molecule has 270 valence electrons. The van der Waals surface area contributed by atoms with Crippen LogP contribution < -0.4 is 14.2 Å². The third-order valence-corrected chi connectivity index (χ3v) is 11.5. The molecular formula is C43H52ClN3O4. The highest BCUT2D eigenvalue weighted by Gasteiger charge is 2.37. The monoisotopic (exact) mass is 709 g/mol. The lowest BCUT2D eigenvalue weighted by Crippen LogP contribution is -2.41. The van der Waals surface area contributed by atoms with Gasteiger partial charge in [0.15, 0.2) is 0 Å². The Kier molecular flexibility index (Phi) is 11.8. The second kappa shape index (κ2) is 16.8. The van der Waals surface area contributed by atoms with E-state index in [1.165, 1.54) is 61.9 Å². The van der Waals surface area contributed by atoms with Crippen LogP contribution in [-0.2, 0) is 24.5 Å². The highest BCUT2D eigenvalue weighted by molar-refractivity contribution is 6.32. The summed E-state index contributed by atoms with van der Waals surface area (Å²) in [7, 11) is 0. The number of piperidine rings is 1. The van der Waals surface area contributed by atoms with Gasteiger partial charge in [-0.05, 0) is 130 Å². The quantitative estimate of drug-likeness (QED) is 0.121. The predicted octanol–water partition coefficient (Wildman–Crippen LogP) is 9.04. The topological polar surface area (TPSA) is 56.3 Å². The van der Waals surface area contributed by atoms with Crippen LogP contribution in [-0.4, -0.2) is 67.3 Å². The largest absolute Gasteiger partial charge is 0.493 e. The Morgan fingerprint density at radius 2 is 1.55 bits per heavy atom. The van der Waals surface area contributed by atoms with E-state index in [4.69, 9.17) is 30.5 Å². The molecule has 3 fully saturated rings. The highest BCUT2D eigenvalue weighted by atomic mass is 35.5. The summed E-state index contributed by atoms with van der Waals surface area (Å²) in [4.78, 5) is 9.29. The van der Waals surface area contributed by atoms with E-state index < -0.39 is 0 Å². The number of hydrogen-bond donors (Lipinski definition) is 0. The maximum atomic E-state index is 6.87. The van der Waals surface area contributed by atoms with E-state index in [9.17, 15) is 0 Å². The third kappa shape index (κ3) is 8.89. The van der Waals surface area contributed by atoms with Gasteiger partial charge < -0.3 is 23.8 Å². The number of benzene rings is 3. The second-order valence-corrected chi connectivity index (χ2v) is 15.1. The Balaban J connectivity index is 0.991. The lowest BCUT2D eigenvalue weighted by atomic mass is 9.78. The first kappa shape index (κ1) is 35.8. The Morgan fingerprint density at radius 3 is 2.31 bits per heavy atom. The Bertz CT molecular complexity index is 1740. The summed E-state index contributed by atoms with van der Waals surface area (Å²) in [6.45, 7) is 14.2. The van der Waals surface area contributed by atoms with Gasteiger partial charge in [0, 0.05) is 49.3 Å². The first-order valence-corrected chi connectivity index (χ1v) is 19.1. The average molecular weight is 710 g/mol. The van der Waals surface area contributed by atoms with E-state index in [2.05, 4.69) is 65.0 Å². The Morgan fingerprint density at radius 1 is 0.765 bits per heavy atom. The molecule has 3 saturated heterocycles. The third-order valence-electron chi connectivity index (χ3n) is 11.2. The molecule has 0 atom stereocenters. The molecular weight excluding hydrogens is 658 g/mol. The van der Waals surface area contributed by atoms with Crippen LogP contribution in [0.4, 0.5) is 0 Å². The van der Waals surface area contributed by atoms with Crippen LogP contribution in [0, 0.1) is 19.3 Å². The fourth-order valence-electron chi connectivity index (χ4n) is 7.89. The molecule has 0 aliphatic carbocycles. The average Bonchev–Trinajstić information content (AvgIpc) is 3.84. The van der Waals surface area contributed by atoms with Gasteiger partial charge in [0.25, 0.3) is 0 Å². The zero-order chi connectivity index (χ0) is 35.0. The number of likely N-dealkylation sites (tertiary alicyclic amines) is 2. The number of ether oxygens (including phenoxy) is 4. The van der Waals surface area contributed by atoms with Gasteiger partial charge in [0.05, 0.1) is 18.2 Å². The Hall–Kier alpha value is -3.62. The molecule has 51 heavy (non-hydrogen) atoms. The molecule has 1 spiro atoms. The van der Waals surface area contributed by atoms with Gasteiger partial charge >= 0.3 is 0 Å². The molecule has 4 heterocycles. The summed E-state index contributed by atoms with van der Waals surface area (Å²) >= 11 is 6.87. The fraction of sp³-hybridized carbons (Fsp3) is 0.465. The molecule has 7 rings (SSSR count). The molecule has 0 unspecified atom stereocenters. The molecule has 7 nitrogen and oxygen atoms in total. The van der Waals surface area contributed by atoms with E-state index in [1.807, 2.05) is 30.5 Å². The summed E-state index contributed by atoms with van der Waals surface area (Å²) in [5.41, 5.74) is 8.37. The van der Waals surface area contributed by atoms with E-state index >= 15 is 0 Å². The van der Waals surface area contributed by atoms with Gasteiger partial charge in [0.1, 0.15) is 30.5 Å². The van der Waals surface area contributed by atoms with Gasteiger partial charge in [-0.1, -0.05) is 48.0 Å². The van der Waals surface area contributed by atoms with Crippen molar-refractivity contribution in [1.29, 1.82) is 0 Å². The molecule has 1 aromatic heterocycles. The predicted molar refractivity (Wildman–Crippen MR) is 204 cm³/mol. The van der Waals surface area contributed by atoms with Crippen LogP contribution in [0.3, 0.4) is 0 Å². The fourth-order valence-corrected chi connectivity index (χ4v) is 8.13. The van der Waals surface area contributed by atoms with Crippen LogP contribution >= 0.6 is 11.6 Å². The molecule has 4 aromatic rings. The van der Waals surface area contributed by atoms with Crippen molar-refractivity contribution in [2.24, 2.45) is 5.41 Å². The number of aromatic nitrogens is 1. The van der Waals surface area contributed by atoms with E-state index in [0.717, 1.165) is 79.6 Å². The van der Waals surface area contributed by atoms with Crippen LogP contribution in [0.15, 0.2) is 73.1 Å². The first-order valence-electron chi connectivity index (χ1n) is 18.8.